The summed E-state index contributed by atoms with van der Waals surface area (Å²) in [7, 11) is 3.10. The van der Waals surface area contributed by atoms with E-state index >= 15 is 0 Å². The van der Waals surface area contributed by atoms with Crippen LogP contribution in [-0.4, -0.2) is 37.0 Å². The number of ether oxygens (including phenoxy) is 4. The van der Waals surface area contributed by atoms with Crippen molar-refractivity contribution >= 4 is 5.97 Å². The molecule has 0 N–H and O–H groups in total. The van der Waals surface area contributed by atoms with Crippen LogP contribution in [0.5, 0.6) is 17.2 Å². The van der Waals surface area contributed by atoms with Gasteiger partial charge in [0.2, 0.25) is 5.89 Å². The SMILES string of the molecule is CCOc1ccc(C(=O)O[C@@H](C)c2nnc(-c3ccc(OC)cc3)o2)cc1OC. The molecule has 3 rings (SSSR count). The molecule has 3 aromatic rings. The standard InChI is InChI=1S/C21H22N2O6/c1-5-27-17-11-8-15(12-18(17)26-4)21(24)28-13(2)19-22-23-20(29-19)14-6-9-16(25-3)10-7-14/h6-13H,5H2,1-4H3/t13-/m0/s1. The Morgan fingerprint density at radius 1 is 1.03 bits per heavy atom. The molecular weight excluding hydrogens is 376 g/mol. The first-order valence-corrected chi connectivity index (χ1v) is 9.05. The minimum atomic E-state index is -0.723. The van der Waals surface area contributed by atoms with Gasteiger partial charge in [-0.2, -0.15) is 0 Å². The Kier molecular flexibility index (Phi) is 6.33. The summed E-state index contributed by atoms with van der Waals surface area (Å²) in [4.78, 5) is 12.5. The maximum absolute atomic E-state index is 12.5. The Morgan fingerprint density at radius 2 is 1.79 bits per heavy atom. The van der Waals surface area contributed by atoms with Gasteiger partial charge in [-0.05, 0) is 56.3 Å². The molecule has 0 aliphatic carbocycles. The fraction of sp³-hybridized carbons (Fsp3) is 0.286. The van der Waals surface area contributed by atoms with Crippen LogP contribution in [-0.2, 0) is 4.74 Å². The second-order valence-corrected chi connectivity index (χ2v) is 6.02. The minimum absolute atomic E-state index is 0.196. The first-order valence-electron chi connectivity index (χ1n) is 9.05. The van der Waals surface area contributed by atoms with Crippen LogP contribution in [0.25, 0.3) is 11.5 Å². The van der Waals surface area contributed by atoms with E-state index in [4.69, 9.17) is 23.4 Å². The molecule has 152 valence electrons. The number of esters is 1. The summed E-state index contributed by atoms with van der Waals surface area (Å²) in [5, 5.41) is 8.00. The second kappa shape index (κ2) is 9.09. The van der Waals surface area contributed by atoms with Crippen LogP contribution < -0.4 is 14.2 Å². The normalized spacial score (nSPS) is 11.6. The lowest BCUT2D eigenvalue weighted by Crippen LogP contribution is -2.10. The molecule has 29 heavy (non-hydrogen) atoms. The highest BCUT2D eigenvalue weighted by molar-refractivity contribution is 5.90. The topological polar surface area (TPSA) is 92.9 Å². The molecule has 0 saturated carbocycles. The first-order chi connectivity index (χ1) is 14.0. The van der Waals surface area contributed by atoms with E-state index in [0.717, 1.165) is 11.3 Å². The van der Waals surface area contributed by atoms with E-state index in [2.05, 4.69) is 10.2 Å². The number of nitrogens with zero attached hydrogens (tertiary/aromatic N) is 2. The molecule has 0 amide bonds. The van der Waals surface area contributed by atoms with Gasteiger partial charge in [-0.3, -0.25) is 0 Å². The van der Waals surface area contributed by atoms with Gasteiger partial charge in [0.05, 0.1) is 26.4 Å². The second-order valence-electron chi connectivity index (χ2n) is 6.02. The Balaban J connectivity index is 1.70. The van der Waals surface area contributed by atoms with Crippen LogP contribution in [0.3, 0.4) is 0 Å². The lowest BCUT2D eigenvalue weighted by Gasteiger charge is -2.12. The molecule has 1 atom stereocenters. The van der Waals surface area contributed by atoms with Gasteiger partial charge in [0.25, 0.3) is 5.89 Å². The summed E-state index contributed by atoms with van der Waals surface area (Å²) >= 11 is 0. The number of aromatic nitrogens is 2. The molecule has 0 saturated heterocycles. The van der Waals surface area contributed by atoms with Gasteiger partial charge in [-0.1, -0.05) is 0 Å². The van der Waals surface area contributed by atoms with Gasteiger partial charge in [-0.15, -0.1) is 10.2 Å². The van der Waals surface area contributed by atoms with Gasteiger partial charge >= 0.3 is 5.97 Å². The summed E-state index contributed by atoms with van der Waals surface area (Å²) in [5.74, 6) is 1.72. The van der Waals surface area contributed by atoms with E-state index < -0.39 is 12.1 Å². The van der Waals surface area contributed by atoms with Crippen molar-refractivity contribution < 1.29 is 28.2 Å². The summed E-state index contributed by atoms with van der Waals surface area (Å²) < 4.78 is 27.0. The lowest BCUT2D eigenvalue weighted by molar-refractivity contribution is 0.0279. The molecule has 0 bridgehead atoms. The van der Waals surface area contributed by atoms with Crippen molar-refractivity contribution in [2.24, 2.45) is 0 Å². The lowest BCUT2D eigenvalue weighted by atomic mass is 10.2. The number of carbonyl (C=O) groups is 1. The van der Waals surface area contributed by atoms with E-state index in [0.29, 0.717) is 29.6 Å². The van der Waals surface area contributed by atoms with E-state index in [1.165, 1.54) is 7.11 Å². The molecule has 1 heterocycles. The monoisotopic (exact) mass is 398 g/mol. The summed E-state index contributed by atoms with van der Waals surface area (Å²) in [6, 6.07) is 12.0. The summed E-state index contributed by atoms with van der Waals surface area (Å²) in [6.45, 7) is 4.02. The summed E-state index contributed by atoms with van der Waals surface area (Å²) in [5.41, 5.74) is 1.06. The van der Waals surface area contributed by atoms with Crippen LogP contribution in [0.4, 0.5) is 0 Å². The molecule has 0 unspecified atom stereocenters. The van der Waals surface area contributed by atoms with Gasteiger partial charge in [0, 0.05) is 5.56 Å². The molecular formula is C21H22N2O6. The number of carbonyl (C=O) groups excluding carboxylic acids is 1. The Bertz CT molecular complexity index is 968. The minimum Gasteiger partial charge on any atom is -0.497 e. The third kappa shape index (κ3) is 4.66. The number of rotatable bonds is 8. The van der Waals surface area contributed by atoms with Crippen molar-refractivity contribution in [2.45, 2.75) is 20.0 Å². The molecule has 8 heteroatoms. The van der Waals surface area contributed by atoms with Crippen molar-refractivity contribution in [3.05, 3.63) is 53.9 Å². The first kappa shape index (κ1) is 20.2. The predicted octanol–water partition coefficient (Wildman–Crippen LogP) is 4.07. The van der Waals surface area contributed by atoms with Gasteiger partial charge in [0.1, 0.15) is 5.75 Å². The highest BCUT2D eigenvalue weighted by atomic mass is 16.6. The molecule has 2 aromatic carbocycles. The quantitative estimate of drug-likeness (QED) is 0.524. The van der Waals surface area contributed by atoms with E-state index in [-0.39, 0.29) is 5.89 Å². The number of benzene rings is 2. The van der Waals surface area contributed by atoms with Crippen molar-refractivity contribution in [3.8, 4) is 28.7 Å². The zero-order chi connectivity index (χ0) is 20.8. The van der Waals surface area contributed by atoms with E-state index in [1.807, 2.05) is 6.92 Å². The van der Waals surface area contributed by atoms with Crippen molar-refractivity contribution in [2.75, 3.05) is 20.8 Å². The number of hydrogen-bond donors (Lipinski definition) is 0. The number of methoxy groups -OCH3 is 2. The molecule has 1 aromatic heterocycles. The fourth-order valence-corrected chi connectivity index (χ4v) is 2.60. The van der Waals surface area contributed by atoms with Crippen molar-refractivity contribution in [1.29, 1.82) is 0 Å². The zero-order valence-electron chi connectivity index (χ0n) is 16.7. The van der Waals surface area contributed by atoms with E-state index in [9.17, 15) is 4.79 Å². The molecule has 0 fully saturated rings. The zero-order valence-corrected chi connectivity index (χ0v) is 16.7. The Labute approximate surface area is 168 Å². The van der Waals surface area contributed by atoms with Crippen LogP contribution >= 0.6 is 0 Å². The van der Waals surface area contributed by atoms with Crippen LogP contribution in [0, 0.1) is 0 Å². The highest BCUT2D eigenvalue weighted by Crippen LogP contribution is 2.29. The average molecular weight is 398 g/mol. The Morgan fingerprint density at radius 3 is 2.45 bits per heavy atom. The highest BCUT2D eigenvalue weighted by Gasteiger charge is 2.21. The molecule has 8 nitrogen and oxygen atoms in total. The fourth-order valence-electron chi connectivity index (χ4n) is 2.60. The molecule has 0 spiro atoms. The predicted molar refractivity (Wildman–Crippen MR) is 104 cm³/mol. The van der Waals surface area contributed by atoms with Crippen molar-refractivity contribution in [1.82, 2.24) is 10.2 Å². The molecule has 0 aliphatic rings. The smallest absolute Gasteiger partial charge is 0.339 e. The van der Waals surface area contributed by atoms with Crippen LogP contribution in [0.1, 0.15) is 36.2 Å². The van der Waals surface area contributed by atoms with Crippen LogP contribution in [0.15, 0.2) is 46.9 Å². The van der Waals surface area contributed by atoms with Gasteiger partial charge in [0.15, 0.2) is 17.6 Å². The van der Waals surface area contributed by atoms with Crippen molar-refractivity contribution in [3.63, 3.8) is 0 Å². The van der Waals surface area contributed by atoms with Gasteiger partial charge in [-0.25, -0.2) is 4.79 Å². The maximum Gasteiger partial charge on any atom is 0.339 e. The van der Waals surface area contributed by atoms with Gasteiger partial charge < -0.3 is 23.4 Å². The third-order valence-electron chi connectivity index (χ3n) is 4.11. The summed E-state index contributed by atoms with van der Waals surface area (Å²) in [6.07, 6.45) is -0.723. The maximum atomic E-state index is 12.5. The largest absolute Gasteiger partial charge is 0.497 e. The average Bonchev–Trinajstić information content (AvgIpc) is 3.24. The van der Waals surface area contributed by atoms with E-state index in [1.54, 1.807) is 56.5 Å². The molecule has 0 radical (unpaired) electrons. The number of hydrogen-bond acceptors (Lipinski definition) is 8. The Hall–Kier alpha value is -3.55. The molecule has 0 aliphatic heterocycles. The van der Waals surface area contributed by atoms with Crippen LogP contribution in [0.2, 0.25) is 0 Å². The third-order valence-corrected chi connectivity index (χ3v) is 4.11.